The van der Waals surface area contributed by atoms with E-state index in [1.165, 1.54) is 6.08 Å². The third-order valence-corrected chi connectivity index (χ3v) is 2.57. The summed E-state index contributed by atoms with van der Waals surface area (Å²) in [5, 5.41) is 2.75. The molecule has 0 aliphatic carbocycles. The van der Waals surface area contributed by atoms with Crippen molar-refractivity contribution < 1.29 is 9.53 Å². The molecule has 4 nitrogen and oxygen atoms in total. The van der Waals surface area contributed by atoms with Crippen molar-refractivity contribution >= 4 is 17.7 Å². The third kappa shape index (κ3) is 4.24. The average molecular weight is 268 g/mol. The number of ether oxygens (including phenoxy) is 1. The molecule has 2 rings (SSSR count). The fraction of sp³-hybridized carbons (Fsp3) is 0.125. The van der Waals surface area contributed by atoms with Crippen molar-refractivity contribution in [3.63, 3.8) is 0 Å². The van der Waals surface area contributed by atoms with Crippen molar-refractivity contribution in [2.24, 2.45) is 0 Å². The van der Waals surface area contributed by atoms with Gasteiger partial charge in [-0.15, -0.1) is 0 Å². The van der Waals surface area contributed by atoms with E-state index in [1.54, 1.807) is 30.6 Å². The first kappa shape index (κ1) is 13.8. The molecule has 0 bridgehead atoms. The van der Waals surface area contributed by atoms with Gasteiger partial charge in [0.05, 0.1) is 6.61 Å². The van der Waals surface area contributed by atoms with Gasteiger partial charge in [-0.2, -0.15) is 0 Å². The fourth-order valence-electron chi connectivity index (χ4n) is 1.63. The lowest BCUT2D eigenvalue weighted by Crippen LogP contribution is -2.07. The van der Waals surface area contributed by atoms with Gasteiger partial charge in [-0.1, -0.05) is 12.1 Å². The molecule has 0 fully saturated rings. The summed E-state index contributed by atoms with van der Waals surface area (Å²) in [5.41, 5.74) is 1.67. The maximum atomic E-state index is 11.7. The summed E-state index contributed by atoms with van der Waals surface area (Å²) in [6, 6.07) is 11.0. The van der Waals surface area contributed by atoms with Crippen LogP contribution in [0.25, 0.3) is 6.08 Å². The Labute approximate surface area is 118 Å². The number of benzene rings is 1. The minimum Gasteiger partial charge on any atom is -0.494 e. The second-order valence-electron chi connectivity index (χ2n) is 4.06. The van der Waals surface area contributed by atoms with Crippen LogP contribution in [0.4, 0.5) is 5.69 Å². The lowest BCUT2D eigenvalue weighted by molar-refractivity contribution is -0.111. The van der Waals surface area contributed by atoms with Crippen molar-refractivity contribution in [2.75, 3.05) is 11.9 Å². The Balaban J connectivity index is 1.93. The first-order chi connectivity index (χ1) is 9.78. The van der Waals surface area contributed by atoms with E-state index in [4.69, 9.17) is 4.74 Å². The van der Waals surface area contributed by atoms with Gasteiger partial charge in [-0.05, 0) is 42.8 Å². The van der Waals surface area contributed by atoms with E-state index in [9.17, 15) is 4.79 Å². The topological polar surface area (TPSA) is 51.2 Å². The summed E-state index contributed by atoms with van der Waals surface area (Å²) in [6.07, 6.45) is 6.51. The van der Waals surface area contributed by atoms with Gasteiger partial charge in [0, 0.05) is 24.2 Å². The molecule has 0 unspecified atom stereocenters. The smallest absolute Gasteiger partial charge is 0.248 e. The van der Waals surface area contributed by atoms with Gasteiger partial charge in [-0.3, -0.25) is 9.78 Å². The molecular formula is C16H16N2O2. The Morgan fingerprint density at radius 1 is 1.20 bits per heavy atom. The molecule has 4 heteroatoms. The maximum absolute atomic E-state index is 11.7. The van der Waals surface area contributed by atoms with E-state index in [0.717, 1.165) is 17.0 Å². The molecule has 1 N–H and O–H groups in total. The lowest BCUT2D eigenvalue weighted by Gasteiger charge is -2.02. The first-order valence-electron chi connectivity index (χ1n) is 6.40. The highest BCUT2D eigenvalue weighted by molar-refractivity contribution is 6.01. The Hall–Kier alpha value is -2.62. The third-order valence-electron chi connectivity index (χ3n) is 2.57. The average Bonchev–Trinajstić information content (AvgIpc) is 2.48. The van der Waals surface area contributed by atoms with E-state index in [2.05, 4.69) is 10.3 Å². The normalized spacial score (nSPS) is 10.4. The Morgan fingerprint density at radius 3 is 2.55 bits per heavy atom. The number of pyridine rings is 1. The molecule has 1 heterocycles. The zero-order chi connectivity index (χ0) is 14.2. The largest absolute Gasteiger partial charge is 0.494 e. The first-order valence-corrected chi connectivity index (χ1v) is 6.40. The Kier molecular flexibility index (Phi) is 4.89. The standard InChI is InChI=1S/C16H16N2O2/c1-2-20-15-6-3-13(4-7-15)5-8-16(19)18-14-9-11-17-12-10-14/h3-12H,2H2,1H3,(H,17,18,19)/b8-5+. The van der Waals surface area contributed by atoms with Crippen molar-refractivity contribution in [1.82, 2.24) is 4.98 Å². The number of carbonyl (C=O) groups excluding carboxylic acids is 1. The zero-order valence-electron chi connectivity index (χ0n) is 11.2. The van der Waals surface area contributed by atoms with Crippen LogP contribution in [-0.2, 0) is 4.79 Å². The van der Waals surface area contributed by atoms with E-state index < -0.39 is 0 Å². The van der Waals surface area contributed by atoms with Crippen molar-refractivity contribution in [1.29, 1.82) is 0 Å². The van der Waals surface area contributed by atoms with E-state index >= 15 is 0 Å². The molecule has 0 atom stereocenters. The van der Waals surface area contributed by atoms with Crippen molar-refractivity contribution in [3.8, 4) is 5.75 Å². The predicted octanol–water partition coefficient (Wildman–Crippen LogP) is 3.13. The highest BCUT2D eigenvalue weighted by atomic mass is 16.5. The van der Waals surface area contributed by atoms with Crippen molar-refractivity contribution in [2.45, 2.75) is 6.92 Å². The van der Waals surface area contributed by atoms with Gasteiger partial charge in [-0.25, -0.2) is 0 Å². The minimum absolute atomic E-state index is 0.176. The van der Waals surface area contributed by atoms with Crippen LogP contribution >= 0.6 is 0 Å². The van der Waals surface area contributed by atoms with Gasteiger partial charge >= 0.3 is 0 Å². The van der Waals surface area contributed by atoms with Gasteiger partial charge in [0.2, 0.25) is 5.91 Å². The number of aromatic nitrogens is 1. The second kappa shape index (κ2) is 7.09. The summed E-state index contributed by atoms with van der Waals surface area (Å²) in [5.74, 6) is 0.649. The summed E-state index contributed by atoms with van der Waals surface area (Å²) in [4.78, 5) is 15.6. The molecular weight excluding hydrogens is 252 g/mol. The summed E-state index contributed by atoms with van der Waals surface area (Å²) in [7, 11) is 0. The molecule has 20 heavy (non-hydrogen) atoms. The van der Waals surface area contributed by atoms with Crippen LogP contribution in [0.2, 0.25) is 0 Å². The van der Waals surface area contributed by atoms with Crippen LogP contribution in [-0.4, -0.2) is 17.5 Å². The van der Waals surface area contributed by atoms with Crippen LogP contribution in [0.15, 0.2) is 54.9 Å². The molecule has 1 amide bonds. The minimum atomic E-state index is -0.176. The van der Waals surface area contributed by atoms with Gasteiger partial charge < -0.3 is 10.1 Å². The molecule has 0 radical (unpaired) electrons. The highest BCUT2D eigenvalue weighted by Gasteiger charge is 1.97. The van der Waals surface area contributed by atoms with Gasteiger partial charge in [0.1, 0.15) is 5.75 Å². The molecule has 102 valence electrons. The summed E-state index contributed by atoms with van der Waals surface area (Å²) < 4.78 is 5.36. The molecule has 1 aromatic carbocycles. The summed E-state index contributed by atoms with van der Waals surface area (Å²) >= 11 is 0. The maximum Gasteiger partial charge on any atom is 0.248 e. The number of carbonyl (C=O) groups is 1. The molecule has 0 aliphatic rings. The molecule has 0 saturated carbocycles. The number of rotatable bonds is 5. The molecule has 0 spiro atoms. The second-order valence-corrected chi connectivity index (χ2v) is 4.06. The van der Waals surface area contributed by atoms with Crippen LogP contribution in [0.3, 0.4) is 0 Å². The number of nitrogens with zero attached hydrogens (tertiary/aromatic N) is 1. The molecule has 0 aliphatic heterocycles. The Morgan fingerprint density at radius 2 is 1.90 bits per heavy atom. The number of hydrogen-bond donors (Lipinski definition) is 1. The monoisotopic (exact) mass is 268 g/mol. The quantitative estimate of drug-likeness (QED) is 0.848. The van der Waals surface area contributed by atoms with Crippen LogP contribution in [0.1, 0.15) is 12.5 Å². The molecule has 0 saturated heterocycles. The fourth-order valence-corrected chi connectivity index (χ4v) is 1.63. The number of anilines is 1. The predicted molar refractivity (Wildman–Crippen MR) is 79.5 cm³/mol. The molecule has 2 aromatic rings. The van der Waals surface area contributed by atoms with E-state index in [0.29, 0.717) is 6.61 Å². The zero-order valence-corrected chi connectivity index (χ0v) is 11.2. The molecule has 1 aromatic heterocycles. The highest BCUT2D eigenvalue weighted by Crippen LogP contribution is 2.13. The van der Waals surface area contributed by atoms with Gasteiger partial charge in [0.25, 0.3) is 0 Å². The number of nitrogens with one attached hydrogen (secondary N) is 1. The van der Waals surface area contributed by atoms with E-state index in [1.807, 2.05) is 31.2 Å². The lowest BCUT2D eigenvalue weighted by atomic mass is 10.2. The number of amides is 1. The van der Waals surface area contributed by atoms with E-state index in [-0.39, 0.29) is 5.91 Å². The van der Waals surface area contributed by atoms with Crippen LogP contribution in [0, 0.1) is 0 Å². The number of hydrogen-bond acceptors (Lipinski definition) is 3. The van der Waals surface area contributed by atoms with Crippen LogP contribution < -0.4 is 10.1 Å². The summed E-state index contributed by atoms with van der Waals surface area (Å²) in [6.45, 7) is 2.58. The van der Waals surface area contributed by atoms with Crippen LogP contribution in [0.5, 0.6) is 5.75 Å². The van der Waals surface area contributed by atoms with Crippen molar-refractivity contribution in [3.05, 3.63) is 60.4 Å². The Bertz CT molecular complexity index is 577. The SMILES string of the molecule is CCOc1ccc(/C=C/C(=O)Nc2ccncc2)cc1. The van der Waals surface area contributed by atoms with Gasteiger partial charge in [0.15, 0.2) is 0 Å².